The molecule has 0 atom stereocenters. The van der Waals surface area contributed by atoms with Crippen LogP contribution in [-0.2, 0) is 24.8 Å². The zero-order valence-electron chi connectivity index (χ0n) is 14.2. The molecule has 0 radical (unpaired) electrons. The molecule has 1 heterocycles. The number of sulfonamides is 2. The first-order valence-corrected chi connectivity index (χ1v) is 11.6. The van der Waals surface area contributed by atoms with Gasteiger partial charge in [0.25, 0.3) is 10.0 Å². The van der Waals surface area contributed by atoms with Crippen molar-refractivity contribution in [2.75, 3.05) is 31.0 Å². The third-order valence-corrected chi connectivity index (χ3v) is 8.15. The SMILES string of the molecule is O=S(=O)(Nc1cccc(F)c1)c1cc(S(=O)(=O)N2CCOCC2)c(Cl)cc1Cl. The number of ether oxygens (including phenoxy) is 1. The van der Waals surface area contributed by atoms with E-state index in [-0.39, 0.29) is 46.9 Å². The smallest absolute Gasteiger partial charge is 0.263 e. The van der Waals surface area contributed by atoms with Crippen molar-refractivity contribution in [1.29, 1.82) is 0 Å². The van der Waals surface area contributed by atoms with Gasteiger partial charge < -0.3 is 4.74 Å². The molecule has 0 amide bonds. The molecule has 0 spiro atoms. The summed E-state index contributed by atoms with van der Waals surface area (Å²) >= 11 is 12.1. The summed E-state index contributed by atoms with van der Waals surface area (Å²) in [5, 5.41) is -0.476. The Balaban J connectivity index is 2.03. The van der Waals surface area contributed by atoms with Crippen molar-refractivity contribution in [2.24, 2.45) is 0 Å². The van der Waals surface area contributed by atoms with E-state index in [1.54, 1.807) is 0 Å². The molecule has 2 aromatic rings. The molecule has 0 aromatic heterocycles. The lowest BCUT2D eigenvalue weighted by atomic mass is 10.3. The molecule has 152 valence electrons. The van der Waals surface area contributed by atoms with Crippen molar-refractivity contribution in [3.05, 3.63) is 52.3 Å². The largest absolute Gasteiger partial charge is 0.379 e. The van der Waals surface area contributed by atoms with Gasteiger partial charge in [0.2, 0.25) is 10.0 Å². The van der Waals surface area contributed by atoms with Crippen LogP contribution in [0.15, 0.2) is 46.2 Å². The van der Waals surface area contributed by atoms with Crippen molar-refractivity contribution in [2.45, 2.75) is 9.79 Å². The van der Waals surface area contributed by atoms with Crippen molar-refractivity contribution < 1.29 is 26.0 Å². The average Bonchev–Trinajstić information content (AvgIpc) is 2.61. The van der Waals surface area contributed by atoms with Gasteiger partial charge in [-0.3, -0.25) is 4.72 Å². The van der Waals surface area contributed by atoms with Crippen LogP contribution in [0.4, 0.5) is 10.1 Å². The Labute approximate surface area is 172 Å². The van der Waals surface area contributed by atoms with Gasteiger partial charge in [-0.1, -0.05) is 29.3 Å². The summed E-state index contributed by atoms with van der Waals surface area (Å²) < 4.78 is 73.0. The fraction of sp³-hybridized carbons (Fsp3) is 0.250. The number of benzene rings is 2. The summed E-state index contributed by atoms with van der Waals surface area (Å²) in [5.74, 6) is -0.641. The van der Waals surface area contributed by atoms with Crippen LogP contribution >= 0.6 is 23.2 Å². The van der Waals surface area contributed by atoms with Crippen molar-refractivity contribution in [3.63, 3.8) is 0 Å². The zero-order valence-corrected chi connectivity index (χ0v) is 17.4. The van der Waals surface area contributed by atoms with E-state index in [1.165, 1.54) is 12.1 Å². The maximum absolute atomic E-state index is 13.3. The number of nitrogens with zero attached hydrogens (tertiary/aromatic N) is 1. The second-order valence-electron chi connectivity index (χ2n) is 5.85. The molecule has 1 saturated heterocycles. The molecule has 2 aromatic carbocycles. The minimum Gasteiger partial charge on any atom is -0.379 e. The van der Waals surface area contributed by atoms with Gasteiger partial charge in [0.05, 0.1) is 28.9 Å². The van der Waals surface area contributed by atoms with Gasteiger partial charge in [0.1, 0.15) is 15.6 Å². The molecule has 0 aliphatic carbocycles. The molecule has 0 saturated carbocycles. The Morgan fingerprint density at radius 1 is 0.964 bits per heavy atom. The Morgan fingerprint density at radius 3 is 2.25 bits per heavy atom. The predicted molar refractivity (Wildman–Crippen MR) is 103 cm³/mol. The predicted octanol–water partition coefficient (Wildman–Crippen LogP) is 2.95. The monoisotopic (exact) mass is 468 g/mol. The van der Waals surface area contributed by atoms with E-state index >= 15 is 0 Å². The molecule has 0 unspecified atom stereocenters. The number of halogens is 3. The van der Waals surface area contributed by atoms with E-state index in [0.29, 0.717) is 0 Å². The number of hydrogen-bond acceptors (Lipinski definition) is 5. The second kappa shape index (κ2) is 8.13. The summed E-state index contributed by atoms with van der Waals surface area (Å²) in [6, 6.07) is 6.75. The van der Waals surface area contributed by atoms with Crippen LogP contribution in [0, 0.1) is 5.82 Å². The molecular weight excluding hydrogens is 454 g/mol. The van der Waals surface area contributed by atoms with E-state index in [9.17, 15) is 21.2 Å². The van der Waals surface area contributed by atoms with Gasteiger partial charge in [0, 0.05) is 13.1 Å². The number of morpholine rings is 1. The first kappa shape index (κ1) is 21.3. The molecule has 1 aliphatic rings. The summed E-state index contributed by atoms with van der Waals surface area (Å²) in [6.07, 6.45) is 0. The first-order valence-electron chi connectivity index (χ1n) is 7.96. The first-order chi connectivity index (χ1) is 13.1. The normalized spacial score (nSPS) is 16.1. The third-order valence-electron chi connectivity index (χ3n) is 3.94. The minimum absolute atomic E-state index is 0.0383. The standard InChI is InChI=1S/C16H15Cl2FN2O5S2/c17-13-9-14(18)16(28(24,25)21-4-6-26-7-5-21)10-15(13)27(22,23)20-12-3-1-2-11(19)8-12/h1-3,8-10,20H,4-7H2. The van der Waals surface area contributed by atoms with Gasteiger partial charge in [-0.25, -0.2) is 21.2 Å². The number of rotatable bonds is 5. The number of nitrogens with one attached hydrogen (secondary N) is 1. The van der Waals surface area contributed by atoms with Crippen LogP contribution in [0.5, 0.6) is 0 Å². The summed E-state index contributed by atoms with van der Waals surface area (Å²) in [4.78, 5) is -0.880. The van der Waals surface area contributed by atoms with E-state index in [4.69, 9.17) is 27.9 Å². The second-order valence-corrected chi connectivity index (χ2v) is 10.2. The van der Waals surface area contributed by atoms with Gasteiger partial charge in [-0.2, -0.15) is 4.31 Å². The van der Waals surface area contributed by atoms with Crippen LogP contribution in [-0.4, -0.2) is 47.4 Å². The molecular formula is C16H15Cl2FN2O5S2. The van der Waals surface area contributed by atoms with Crippen molar-refractivity contribution in [3.8, 4) is 0 Å². The highest BCUT2D eigenvalue weighted by Gasteiger charge is 2.31. The lowest BCUT2D eigenvalue weighted by molar-refractivity contribution is 0.0730. The van der Waals surface area contributed by atoms with Gasteiger partial charge >= 0.3 is 0 Å². The zero-order chi connectivity index (χ0) is 20.5. The highest BCUT2D eigenvalue weighted by molar-refractivity contribution is 7.93. The lowest BCUT2D eigenvalue weighted by Gasteiger charge is -2.26. The molecule has 7 nitrogen and oxygen atoms in total. The van der Waals surface area contributed by atoms with E-state index in [1.807, 2.05) is 0 Å². The van der Waals surface area contributed by atoms with Gasteiger partial charge in [-0.15, -0.1) is 0 Å². The maximum atomic E-state index is 13.3. The third kappa shape index (κ3) is 4.42. The summed E-state index contributed by atoms with van der Waals surface area (Å²) in [6.45, 7) is 0.670. The van der Waals surface area contributed by atoms with Gasteiger partial charge in [-0.05, 0) is 30.3 Å². The Bertz CT molecular complexity index is 1100. The fourth-order valence-electron chi connectivity index (χ4n) is 2.60. The lowest BCUT2D eigenvalue weighted by Crippen LogP contribution is -2.40. The maximum Gasteiger partial charge on any atom is 0.263 e. The highest BCUT2D eigenvalue weighted by Crippen LogP contribution is 2.34. The average molecular weight is 469 g/mol. The Kier molecular flexibility index (Phi) is 6.18. The number of hydrogen-bond donors (Lipinski definition) is 1. The molecule has 1 fully saturated rings. The summed E-state index contributed by atoms with van der Waals surface area (Å²) in [5.41, 5.74) is -0.0383. The molecule has 1 N–H and O–H groups in total. The van der Waals surface area contributed by atoms with Crippen LogP contribution < -0.4 is 4.72 Å². The van der Waals surface area contributed by atoms with E-state index in [2.05, 4.69) is 4.72 Å². The molecule has 28 heavy (non-hydrogen) atoms. The van der Waals surface area contributed by atoms with Crippen LogP contribution in [0.25, 0.3) is 0 Å². The van der Waals surface area contributed by atoms with Crippen LogP contribution in [0.1, 0.15) is 0 Å². The highest BCUT2D eigenvalue weighted by atomic mass is 35.5. The van der Waals surface area contributed by atoms with Crippen molar-refractivity contribution >= 4 is 48.9 Å². The van der Waals surface area contributed by atoms with E-state index < -0.39 is 30.8 Å². The summed E-state index contributed by atoms with van der Waals surface area (Å²) in [7, 11) is -8.37. The quantitative estimate of drug-likeness (QED) is 0.727. The van der Waals surface area contributed by atoms with Crippen molar-refractivity contribution in [1.82, 2.24) is 4.31 Å². The Morgan fingerprint density at radius 2 is 1.61 bits per heavy atom. The fourth-order valence-corrected chi connectivity index (χ4v) is 6.27. The topological polar surface area (TPSA) is 92.8 Å². The number of anilines is 1. The van der Waals surface area contributed by atoms with Gasteiger partial charge in [0.15, 0.2) is 0 Å². The molecule has 1 aliphatic heterocycles. The molecule has 12 heteroatoms. The molecule has 0 bridgehead atoms. The molecule has 3 rings (SSSR count). The van der Waals surface area contributed by atoms with E-state index in [0.717, 1.165) is 28.6 Å². The Hall–Kier alpha value is -1.43. The minimum atomic E-state index is -4.31. The van der Waals surface area contributed by atoms with Crippen LogP contribution in [0.3, 0.4) is 0 Å². The van der Waals surface area contributed by atoms with Crippen LogP contribution in [0.2, 0.25) is 10.0 Å².